The maximum atomic E-state index is 5.44. The van der Waals surface area contributed by atoms with Crippen molar-refractivity contribution >= 4 is 22.9 Å². The van der Waals surface area contributed by atoms with Gasteiger partial charge in [0.1, 0.15) is 28.3 Å². The van der Waals surface area contributed by atoms with Crippen LogP contribution in [0.2, 0.25) is 0 Å². The number of imidazole rings is 1. The number of ether oxygens (including phenoxy) is 1. The molecule has 0 atom stereocenters. The fraction of sp³-hybridized carbons (Fsp3) is 0.400. The molecule has 118 valence electrons. The molecule has 0 saturated heterocycles. The standard InChI is InChI=1S/C15H16N6OS/c1-7-18-11-13(19-7)20-12(21-15(11)23-3)9-10(8-4-5-8)16-6-17-14(9)22-2/h6,8H,4-5H2,1-3H3,(H,18,19,20,21). The first-order valence-electron chi connectivity index (χ1n) is 7.39. The molecule has 4 rings (SSSR count). The van der Waals surface area contributed by atoms with Gasteiger partial charge < -0.3 is 9.72 Å². The number of aromatic nitrogens is 6. The van der Waals surface area contributed by atoms with Crippen molar-refractivity contribution in [3.8, 4) is 17.3 Å². The minimum atomic E-state index is 0.444. The first-order valence-corrected chi connectivity index (χ1v) is 8.61. The molecule has 0 unspecified atom stereocenters. The van der Waals surface area contributed by atoms with Gasteiger partial charge in [-0.1, -0.05) is 0 Å². The lowest BCUT2D eigenvalue weighted by Gasteiger charge is -2.11. The van der Waals surface area contributed by atoms with Gasteiger partial charge in [0.05, 0.1) is 12.8 Å². The summed E-state index contributed by atoms with van der Waals surface area (Å²) in [5, 5.41) is 0.859. The highest BCUT2D eigenvalue weighted by atomic mass is 32.2. The molecule has 3 aromatic rings. The molecule has 8 heteroatoms. The summed E-state index contributed by atoms with van der Waals surface area (Å²) in [5.74, 6) is 2.36. The van der Waals surface area contributed by atoms with Crippen LogP contribution in [0.1, 0.15) is 30.3 Å². The number of nitrogens with one attached hydrogen (secondary N) is 1. The normalized spacial score (nSPS) is 14.4. The van der Waals surface area contributed by atoms with E-state index in [1.54, 1.807) is 25.2 Å². The number of methoxy groups -OCH3 is 1. The van der Waals surface area contributed by atoms with Crippen LogP contribution in [0.5, 0.6) is 5.88 Å². The molecule has 3 aromatic heterocycles. The van der Waals surface area contributed by atoms with E-state index in [-0.39, 0.29) is 0 Å². The third kappa shape index (κ3) is 2.42. The van der Waals surface area contributed by atoms with Crippen molar-refractivity contribution in [3.05, 3.63) is 17.8 Å². The van der Waals surface area contributed by atoms with E-state index in [1.807, 2.05) is 13.2 Å². The molecule has 1 aliphatic rings. The highest BCUT2D eigenvalue weighted by Gasteiger charge is 2.31. The molecule has 23 heavy (non-hydrogen) atoms. The number of hydrogen-bond donors (Lipinski definition) is 1. The van der Waals surface area contributed by atoms with E-state index < -0.39 is 0 Å². The predicted octanol–water partition coefficient (Wildman–Crippen LogP) is 2.73. The maximum Gasteiger partial charge on any atom is 0.227 e. The van der Waals surface area contributed by atoms with Gasteiger partial charge in [0, 0.05) is 5.92 Å². The maximum absolute atomic E-state index is 5.44. The SMILES string of the molecule is COc1ncnc(C2CC2)c1-c1nc(SC)c2[nH]c(C)nc2n1. The zero-order valence-corrected chi connectivity index (χ0v) is 13.9. The van der Waals surface area contributed by atoms with Crippen LogP contribution in [-0.4, -0.2) is 43.3 Å². The van der Waals surface area contributed by atoms with E-state index in [1.165, 1.54) is 0 Å². The van der Waals surface area contributed by atoms with E-state index in [0.717, 1.165) is 40.5 Å². The van der Waals surface area contributed by atoms with Gasteiger partial charge in [-0.05, 0) is 26.0 Å². The molecule has 0 spiro atoms. The van der Waals surface area contributed by atoms with E-state index in [0.29, 0.717) is 23.3 Å². The lowest BCUT2D eigenvalue weighted by molar-refractivity contribution is 0.397. The Kier molecular flexibility index (Phi) is 3.41. The second kappa shape index (κ2) is 5.45. The quantitative estimate of drug-likeness (QED) is 0.581. The first-order chi connectivity index (χ1) is 11.2. The van der Waals surface area contributed by atoms with Crippen molar-refractivity contribution in [2.24, 2.45) is 0 Å². The van der Waals surface area contributed by atoms with Crippen LogP contribution >= 0.6 is 11.8 Å². The monoisotopic (exact) mass is 328 g/mol. The first kappa shape index (κ1) is 14.4. The van der Waals surface area contributed by atoms with Crippen molar-refractivity contribution in [1.29, 1.82) is 0 Å². The Hall–Kier alpha value is -2.22. The zero-order chi connectivity index (χ0) is 16.0. The highest BCUT2D eigenvalue weighted by Crippen LogP contribution is 2.45. The molecule has 7 nitrogen and oxygen atoms in total. The number of thioether (sulfide) groups is 1. The number of H-pyrrole nitrogens is 1. The zero-order valence-electron chi connectivity index (χ0n) is 13.1. The molecule has 0 bridgehead atoms. The van der Waals surface area contributed by atoms with Gasteiger partial charge in [0.25, 0.3) is 0 Å². The van der Waals surface area contributed by atoms with Gasteiger partial charge in [-0.3, -0.25) is 0 Å². The molecule has 0 amide bonds. The van der Waals surface area contributed by atoms with E-state index >= 15 is 0 Å². The minimum absolute atomic E-state index is 0.444. The third-order valence-corrected chi connectivity index (χ3v) is 4.53. The van der Waals surface area contributed by atoms with Crippen LogP contribution in [0.3, 0.4) is 0 Å². The number of rotatable bonds is 4. The van der Waals surface area contributed by atoms with Crippen LogP contribution in [0.4, 0.5) is 0 Å². The fourth-order valence-electron chi connectivity index (χ4n) is 2.66. The van der Waals surface area contributed by atoms with Gasteiger partial charge in [-0.15, -0.1) is 11.8 Å². The summed E-state index contributed by atoms with van der Waals surface area (Å²) in [4.78, 5) is 25.7. The summed E-state index contributed by atoms with van der Waals surface area (Å²) >= 11 is 1.56. The predicted molar refractivity (Wildman–Crippen MR) is 87.8 cm³/mol. The molecule has 0 aliphatic heterocycles. The van der Waals surface area contributed by atoms with E-state index in [2.05, 4.69) is 24.9 Å². The topological polar surface area (TPSA) is 89.5 Å². The number of aromatic amines is 1. The van der Waals surface area contributed by atoms with Gasteiger partial charge in [0.2, 0.25) is 5.88 Å². The van der Waals surface area contributed by atoms with Gasteiger partial charge in [-0.2, -0.15) is 0 Å². The number of nitrogens with zero attached hydrogens (tertiary/aromatic N) is 5. The van der Waals surface area contributed by atoms with Crippen molar-refractivity contribution in [2.45, 2.75) is 30.7 Å². The van der Waals surface area contributed by atoms with E-state index in [4.69, 9.17) is 9.72 Å². The van der Waals surface area contributed by atoms with E-state index in [9.17, 15) is 0 Å². The van der Waals surface area contributed by atoms with Crippen LogP contribution in [0, 0.1) is 6.92 Å². The summed E-state index contributed by atoms with van der Waals surface area (Å²) < 4.78 is 5.44. The van der Waals surface area contributed by atoms with Crippen LogP contribution in [0.25, 0.3) is 22.6 Å². The average Bonchev–Trinajstić information content (AvgIpc) is 3.34. The van der Waals surface area contributed by atoms with Crippen molar-refractivity contribution < 1.29 is 4.74 Å². The summed E-state index contributed by atoms with van der Waals surface area (Å²) in [6.07, 6.45) is 5.80. The third-order valence-electron chi connectivity index (χ3n) is 3.85. The van der Waals surface area contributed by atoms with Crippen LogP contribution in [0.15, 0.2) is 11.4 Å². The Balaban J connectivity index is 1.98. The summed E-state index contributed by atoms with van der Waals surface area (Å²) in [6.45, 7) is 1.91. The van der Waals surface area contributed by atoms with Crippen molar-refractivity contribution in [1.82, 2.24) is 29.9 Å². The van der Waals surface area contributed by atoms with Gasteiger partial charge in [0.15, 0.2) is 11.5 Å². The van der Waals surface area contributed by atoms with Gasteiger partial charge in [-0.25, -0.2) is 24.9 Å². The fourth-order valence-corrected chi connectivity index (χ4v) is 3.18. The summed E-state index contributed by atoms with van der Waals surface area (Å²) in [7, 11) is 1.61. The number of aryl methyl sites for hydroxylation is 1. The largest absolute Gasteiger partial charge is 0.480 e. The highest BCUT2D eigenvalue weighted by molar-refractivity contribution is 7.98. The molecule has 1 saturated carbocycles. The smallest absolute Gasteiger partial charge is 0.227 e. The summed E-state index contributed by atoms with van der Waals surface area (Å²) in [6, 6.07) is 0. The molecule has 0 radical (unpaired) electrons. The Morgan fingerprint density at radius 3 is 2.74 bits per heavy atom. The van der Waals surface area contributed by atoms with Crippen molar-refractivity contribution in [2.75, 3.05) is 13.4 Å². The molecule has 1 aliphatic carbocycles. The molecule has 1 fully saturated rings. The summed E-state index contributed by atoms with van der Waals surface area (Å²) in [5.41, 5.74) is 3.28. The van der Waals surface area contributed by atoms with Crippen molar-refractivity contribution in [3.63, 3.8) is 0 Å². The Labute approximate surface area is 137 Å². The lowest BCUT2D eigenvalue weighted by Crippen LogP contribution is -2.03. The average molecular weight is 328 g/mol. The van der Waals surface area contributed by atoms with Gasteiger partial charge >= 0.3 is 0 Å². The Bertz CT molecular complexity index is 889. The second-order valence-electron chi connectivity index (χ2n) is 5.49. The van der Waals surface area contributed by atoms with Crippen LogP contribution < -0.4 is 4.74 Å². The number of hydrogen-bond acceptors (Lipinski definition) is 7. The Morgan fingerprint density at radius 2 is 2.04 bits per heavy atom. The molecular formula is C15H16N6OS. The second-order valence-corrected chi connectivity index (χ2v) is 6.29. The lowest BCUT2D eigenvalue weighted by atomic mass is 10.1. The molecular weight excluding hydrogens is 312 g/mol. The molecule has 1 N–H and O–H groups in total. The number of fused-ring (bicyclic) bond motifs is 1. The minimum Gasteiger partial charge on any atom is -0.480 e. The Morgan fingerprint density at radius 1 is 1.22 bits per heavy atom. The molecule has 0 aromatic carbocycles. The van der Waals surface area contributed by atoms with Crippen LogP contribution in [-0.2, 0) is 0 Å². The molecule has 3 heterocycles.